The first kappa shape index (κ1) is 16.0. The molecule has 0 aromatic carbocycles. The largest absolute Gasteiger partial charge is 0.395 e. The maximum absolute atomic E-state index is 13.0. The lowest BCUT2D eigenvalue weighted by Crippen LogP contribution is -2.57. The molecule has 3 nitrogen and oxygen atoms in total. The first-order chi connectivity index (χ1) is 8.39. The Kier molecular flexibility index (Phi) is 4.06. The second-order valence-corrected chi connectivity index (χ2v) is 5.09. The molecule has 0 aliphatic heterocycles. The molecule has 0 atom stereocenters. The molecule has 0 bridgehead atoms. The summed E-state index contributed by atoms with van der Waals surface area (Å²) in [6, 6.07) is 0. The number of aryl methyl sites for hydroxylation is 1. The van der Waals surface area contributed by atoms with Crippen LogP contribution in [0, 0.1) is 6.92 Å². The molecule has 1 heterocycles. The Balaban J connectivity index is 2.97. The number of hydrogen-bond donors (Lipinski definition) is 1. The highest BCUT2D eigenvalue weighted by atomic mass is 35.5. The van der Waals surface area contributed by atoms with Gasteiger partial charge in [0, 0.05) is 11.1 Å². The number of halogens is 7. The van der Waals surface area contributed by atoms with Crippen molar-refractivity contribution in [2.45, 2.75) is 24.2 Å². The molecule has 0 unspecified atom stereocenters. The highest BCUT2D eigenvalue weighted by Crippen LogP contribution is 2.48. The van der Waals surface area contributed by atoms with E-state index >= 15 is 0 Å². The van der Waals surface area contributed by atoms with E-state index in [-0.39, 0.29) is 0 Å². The van der Waals surface area contributed by atoms with Crippen LogP contribution in [0.4, 0.5) is 31.5 Å². The van der Waals surface area contributed by atoms with Crippen LogP contribution in [0.3, 0.4) is 0 Å². The molecule has 1 rings (SSSR count). The summed E-state index contributed by atoms with van der Waals surface area (Å²) in [5.41, 5.74) is 0. The van der Waals surface area contributed by atoms with E-state index in [1.165, 1.54) is 18.4 Å². The lowest BCUT2D eigenvalue weighted by Gasteiger charge is -2.27. The topological polar surface area (TPSA) is 42.0 Å². The quantitative estimate of drug-likeness (QED) is 0.680. The number of aromatic nitrogens is 1. The van der Waals surface area contributed by atoms with E-state index in [4.69, 9.17) is 0 Å². The van der Waals surface area contributed by atoms with Gasteiger partial charge in [-0.15, -0.1) is 11.3 Å². The third-order valence-electron chi connectivity index (χ3n) is 1.88. The van der Waals surface area contributed by atoms with Crippen molar-refractivity contribution in [3.63, 3.8) is 0 Å². The van der Waals surface area contributed by atoms with Gasteiger partial charge in [0.1, 0.15) is 0 Å². The molecule has 11 heteroatoms. The highest BCUT2D eigenvalue weighted by molar-refractivity contribution is 7.15. The standard InChI is InChI=1S/C8H5ClF6N2OS/c1-3-2-16-5(19-3)17-4(18)6(10,11)7(12,13)8(9,14)15/h2H,1H3,(H,16,17,18). The number of carbonyl (C=O) groups excluding carboxylic acids is 1. The molecule has 19 heavy (non-hydrogen) atoms. The van der Waals surface area contributed by atoms with Crippen molar-refractivity contribution in [3.8, 4) is 0 Å². The molecule has 0 aliphatic carbocycles. The van der Waals surface area contributed by atoms with Gasteiger partial charge in [0.05, 0.1) is 0 Å². The van der Waals surface area contributed by atoms with E-state index < -0.39 is 28.3 Å². The smallest absolute Gasteiger partial charge is 0.296 e. The molecule has 1 N–H and O–H groups in total. The molecule has 0 fully saturated rings. The van der Waals surface area contributed by atoms with Crippen LogP contribution >= 0.6 is 22.9 Å². The molecule has 108 valence electrons. The van der Waals surface area contributed by atoms with Crippen LogP contribution in [0.1, 0.15) is 4.88 Å². The summed E-state index contributed by atoms with van der Waals surface area (Å²) in [7, 11) is 0. The maximum Gasteiger partial charge on any atom is 0.395 e. The molecule has 0 saturated carbocycles. The monoisotopic (exact) mass is 326 g/mol. The van der Waals surface area contributed by atoms with Crippen molar-refractivity contribution >= 4 is 34.0 Å². The normalized spacial score (nSPS) is 13.5. The second kappa shape index (κ2) is 4.82. The van der Waals surface area contributed by atoms with E-state index in [9.17, 15) is 31.1 Å². The zero-order valence-corrected chi connectivity index (χ0v) is 10.6. The van der Waals surface area contributed by atoms with E-state index in [1.807, 2.05) is 0 Å². The van der Waals surface area contributed by atoms with Gasteiger partial charge in [-0.1, -0.05) is 0 Å². The summed E-state index contributed by atoms with van der Waals surface area (Å²) >= 11 is 4.61. The van der Waals surface area contributed by atoms with Crippen LogP contribution < -0.4 is 5.32 Å². The van der Waals surface area contributed by atoms with Gasteiger partial charge in [-0.25, -0.2) is 4.98 Å². The van der Waals surface area contributed by atoms with Crippen molar-refractivity contribution in [1.29, 1.82) is 0 Å². The number of alkyl halides is 7. The fraction of sp³-hybridized carbons (Fsp3) is 0.500. The molecule has 1 aromatic rings. The number of anilines is 1. The van der Waals surface area contributed by atoms with Gasteiger partial charge in [0.25, 0.3) is 0 Å². The summed E-state index contributed by atoms with van der Waals surface area (Å²) in [6.07, 6.45) is 1.17. The Morgan fingerprint density at radius 3 is 2.21 bits per heavy atom. The number of rotatable bonds is 4. The number of nitrogens with one attached hydrogen (secondary N) is 1. The molecule has 0 spiro atoms. The first-order valence-corrected chi connectivity index (χ1v) is 5.65. The number of nitrogens with zero attached hydrogens (tertiary/aromatic N) is 1. The maximum atomic E-state index is 13.0. The Morgan fingerprint density at radius 1 is 1.32 bits per heavy atom. The van der Waals surface area contributed by atoms with Gasteiger partial charge in [-0.05, 0) is 18.5 Å². The SMILES string of the molecule is Cc1cnc(NC(=O)C(F)(F)C(F)(F)C(F)(F)Cl)s1. The van der Waals surface area contributed by atoms with Crippen LogP contribution in [-0.4, -0.2) is 28.1 Å². The minimum Gasteiger partial charge on any atom is -0.296 e. The van der Waals surface area contributed by atoms with Crippen LogP contribution in [0.5, 0.6) is 0 Å². The average molecular weight is 327 g/mol. The lowest BCUT2D eigenvalue weighted by atomic mass is 10.1. The van der Waals surface area contributed by atoms with Crippen LogP contribution in [0.25, 0.3) is 0 Å². The Labute approximate surface area is 111 Å². The van der Waals surface area contributed by atoms with Crippen molar-refractivity contribution in [2.24, 2.45) is 0 Å². The van der Waals surface area contributed by atoms with Gasteiger partial charge in [-0.2, -0.15) is 26.3 Å². The Morgan fingerprint density at radius 2 is 1.84 bits per heavy atom. The van der Waals surface area contributed by atoms with Gasteiger partial charge in [-0.3, -0.25) is 10.1 Å². The fourth-order valence-electron chi connectivity index (χ4n) is 0.909. The average Bonchev–Trinajstić information content (AvgIpc) is 2.61. The van der Waals surface area contributed by atoms with E-state index in [1.54, 1.807) is 0 Å². The molecule has 0 radical (unpaired) electrons. The van der Waals surface area contributed by atoms with Crippen molar-refractivity contribution in [1.82, 2.24) is 4.98 Å². The Bertz CT molecular complexity index is 486. The third kappa shape index (κ3) is 2.94. The molecular formula is C8H5ClF6N2OS. The summed E-state index contributed by atoms with van der Waals surface area (Å²) in [6.45, 7) is 1.51. The van der Waals surface area contributed by atoms with Crippen LogP contribution in [0.2, 0.25) is 0 Å². The predicted molar refractivity (Wildman–Crippen MR) is 56.2 cm³/mol. The van der Waals surface area contributed by atoms with Gasteiger partial charge in [0.2, 0.25) is 0 Å². The van der Waals surface area contributed by atoms with Crippen molar-refractivity contribution < 1.29 is 31.1 Å². The van der Waals surface area contributed by atoms with Crippen LogP contribution in [0.15, 0.2) is 6.20 Å². The third-order valence-corrected chi connectivity index (χ3v) is 2.94. The van der Waals surface area contributed by atoms with E-state index in [0.29, 0.717) is 16.2 Å². The van der Waals surface area contributed by atoms with E-state index in [0.717, 1.165) is 0 Å². The second-order valence-electron chi connectivity index (χ2n) is 3.38. The number of carbonyl (C=O) groups is 1. The minimum absolute atomic E-state index is 0.420. The predicted octanol–water partition coefficient (Wildman–Crippen LogP) is 3.49. The lowest BCUT2D eigenvalue weighted by molar-refractivity contribution is -0.266. The summed E-state index contributed by atoms with van der Waals surface area (Å²) in [4.78, 5) is 14.9. The molecule has 0 aliphatic rings. The minimum atomic E-state index is -6.04. The number of thiazole rings is 1. The summed E-state index contributed by atoms with van der Waals surface area (Å²) in [5.74, 6) is -14.4. The zero-order chi connectivity index (χ0) is 15.1. The molecule has 0 saturated heterocycles. The zero-order valence-electron chi connectivity index (χ0n) is 8.99. The highest BCUT2D eigenvalue weighted by Gasteiger charge is 2.74. The van der Waals surface area contributed by atoms with Gasteiger partial charge < -0.3 is 0 Å². The van der Waals surface area contributed by atoms with Crippen molar-refractivity contribution in [2.75, 3.05) is 5.32 Å². The van der Waals surface area contributed by atoms with E-state index in [2.05, 4.69) is 16.6 Å². The fourth-order valence-corrected chi connectivity index (χ4v) is 1.69. The number of hydrogen-bond acceptors (Lipinski definition) is 3. The summed E-state index contributed by atoms with van der Waals surface area (Å²) in [5, 5.41) is -4.67. The first-order valence-electron chi connectivity index (χ1n) is 4.46. The van der Waals surface area contributed by atoms with Gasteiger partial charge >= 0.3 is 23.1 Å². The number of amides is 1. The molecular weight excluding hydrogens is 322 g/mol. The van der Waals surface area contributed by atoms with Crippen LogP contribution in [-0.2, 0) is 4.79 Å². The summed E-state index contributed by atoms with van der Waals surface area (Å²) < 4.78 is 76.1. The molecule has 1 aromatic heterocycles. The Hall–Kier alpha value is -1.03. The molecule has 1 amide bonds. The van der Waals surface area contributed by atoms with Gasteiger partial charge in [0.15, 0.2) is 5.13 Å². The van der Waals surface area contributed by atoms with Crippen molar-refractivity contribution in [3.05, 3.63) is 11.1 Å².